The Hall–Kier alpha value is -2.81. The fourth-order valence-corrected chi connectivity index (χ4v) is 9.97. The van der Waals surface area contributed by atoms with Gasteiger partial charge in [0, 0.05) is 12.6 Å². The third-order valence-corrected chi connectivity index (χ3v) is 12.6. The summed E-state index contributed by atoms with van der Waals surface area (Å²) in [6.07, 6.45) is 10.7. The smallest absolute Gasteiger partial charge is 0.315 e. The van der Waals surface area contributed by atoms with Crippen molar-refractivity contribution >= 4 is 39.6 Å². The Balaban J connectivity index is 1.52. The molecule has 3 atom stereocenters. The first-order valence-corrected chi connectivity index (χ1v) is 20.3. The Morgan fingerprint density at radius 3 is 2.10 bits per heavy atom. The molecule has 5 N–H and O–H groups in total. The molecule has 284 valence electrons. The van der Waals surface area contributed by atoms with E-state index in [2.05, 4.69) is 26.0 Å². The van der Waals surface area contributed by atoms with Crippen molar-refractivity contribution in [2.24, 2.45) is 5.41 Å². The molecule has 50 heavy (non-hydrogen) atoms. The molecule has 1 aliphatic heterocycles. The molecule has 0 radical (unpaired) electrons. The Morgan fingerprint density at radius 2 is 1.52 bits per heavy atom. The highest BCUT2D eigenvalue weighted by Gasteiger charge is 2.48. The zero-order valence-electron chi connectivity index (χ0n) is 30.3. The number of Topliss-reactive ketones (excluding diaryl/α,β-unsaturated/α-hetero) is 1. The summed E-state index contributed by atoms with van der Waals surface area (Å²) in [7, 11) is -3.99. The molecule has 1 saturated heterocycles. The Bertz CT molecular complexity index is 1360. The first-order chi connectivity index (χ1) is 23.5. The van der Waals surface area contributed by atoms with Crippen molar-refractivity contribution in [3.63, 3.8) is 0 Å². The van der Waals surface area contributed by atoms with Crippen LogP contribution in [0.25, 0.3) is 0 Å². The maximum atomic E-state index is 14.5. The number of nitrogens with one attached hydrogen (secondary N) is 5. The number of carbonyl (C=O) groups excluding carboxylic acids is 5. The van der Waals surface area contributed by atoms with Gasteiger partial charge in [-0.3, -0.25) is 19.2 Å². The zero-order valence-corrected chi connectivity index (χ0v) is 31.2. The molecule has 1 heterocycles. The van der Waals surface area contributed by atoms with Crippen molar-refractivity contribution in [1.29, 1.82) is 0 Å². The molecule has 4 aliphatic rings. The van der Waals surface area contributed by atoms with Crippen molar-refractivity contribution in [3.8, 4) is 0 Å². The minimum absolute atomic E-state index is 0.00210. The number of urea groups is 1. The van der Waals surface area contributed by atoms with Crippen molar-refractivity contribution in [1.82, 2.24) is 30.9 Å². The molecule has 3 saturated carbocycles. The molecule has 4 rings (SSSR count). The highest BCUT2D eigenvalue weighted by atomic mass is 32.2. The Morgan fingerprint density at radius 1 is 0.900 bits per heavy atom. The molecule has 0 bridgehead atoms. The summed E-state index contributed by atoms with van der Waals surface area (Å²) in [5, 5.41) is 11.3. The van der Waals surface area contributed by atoms with Crippen LogP contribution < -0.4 is 26.0 Å². The van der Waals surface area contributed by atoms with Crippen molar-refractivity contribution in [3.05, 3.63) is 0 Å². The number of carbonyl (C=O) groups is 5. The van der Waals surface area contributed by atoms with E-state index in [0.29, 0.717) is 64.3 Å². The van der Waals surface area contributed by atoms with Crippen molar-refractivity contribution in [2.45, 2.75) is 166 Å². The first-order valence-electron chi connectivity index (χ1n) is 18.6. The summed E-state index contributed by atoms with van der Waals surface area (Å²) in [6.45, 7) is 6.14. The SMILES string of the molecule is CCCC(NC(=O)[C@@H]1CCCN1C(=O)[C@@H](NC(=O)NC1(CS(=O)(=O)NC(C)(C)CF)CCCCC1)C1(C)CCCCC1)C(=O)C(=O)NC1CC1. The van der Waals surface area contributed by atoms with E-state index in [-0.39, 0.29) is 12.5 Å². The van der Waals surface area contributed by atoms with Gasteiger partial charge >= 0.3 is 6.03 Å². The van der Waals surface area contributed by atoms with E-state index in [4.69, 9.17) is 0 Å². The van der Waals surface area contributed by atoms with E-state index < -0.39 is 86.6 Å². The highest BCUT2D eigenvalue weighted by molar-refractivity contribution is 7.89. The summed E-state index contributed by atoms with van der Waals surface area (Å²) in [4.78, 5) is 69.1. The Kier molecular flexibility index (Phi) is 13.3. The first kappa shape index (κ1) is 40.0. The van der Waals surface area contributed by atoms with Crippen LogP contribution >= 0.6 is 0 Å². The van der Waals surface area contributed by atoms with E-state index in [1.807, 2.05) is 13.8 Å². The molecule has 0 aromatic heterocycles. The van der Waals surface area contributed by atoms with Gasteiger partial charge in [-0.2, -0.15) is 0 Å². The van der Waals surface area contributed by atoms with E-state index in [9.17, 15) is 36.8 Å². The van der Waals surface area contributed by atoms with E-state index >= 15 is 0 Å². The second-order valence-electron chi connectivity index (χ2n) is 16.1. The van der Waals surface area contributed by atoms with Crippen LogP contribution in [0.15, 0.2) is 0 Å². The predicted octanol–water partition coefficient (Wildman–Crippen LogP) is 3.12. The quantitative estimate of drug-likeness (QED) is 0.152. The molecule has 3 aliphatic carbocycles. The largest absolute Gasteiger partial charge is 0.347 e. The average Bonchev–Trinajstić information content (AvgIpc) is 3.72. The van der Waals surface area contributed by atoms with Gasteiger partial charge in [0.2, 0.25) is 27.6 Å². The van der Waals surface area contributed by atoms with Gasteiger partial charge in [-0.05, 0) is 77.0 Å². The second-order valence-corrected chi connectivity index (χ2v) is 17.8. The van der Waals surface area contributed by atoms with Crippen LogP contribution in [-0.2, 0) is 29.2 Å². The molecule has 0 aromatic rings. The number of hydrogen-bond acceptors (Lipinski definition) is 7. The van der Waals surface area contributed by atoms with Crippen LogP contribution in [0, 0.1) is 5.41 Å². The molecule has 1 unspecified atom stereocenters. The van der Waals surface area contributed by atoms with Crippen LogP contribution in [0.4, 0.5) is 9.18 Å². The van der Waals surface area contributed by atoms with Gasteiger partial charge in [-0.25, -0.2) is 22.3 Å². The van der Waals surface area contributed by atoms with Gasteiger partial charge in [0.15, 0.2) is 0 Å². The lowest BCUT2D eigenvalue weighted by Gasteiger charge is -2.43. The average molecular weight is 727 g/mol. The van der Waals surface area contributed by atoms with Crippen LogP contribution in [0.1, 0.15) is 130 Å². The summed E-state index contributed by atoms with van der Waals surface area (Å²) in [5.74, 6) is -2.73. The van der Waals surface area contributed by atoms with Gasteiger partial charge in [0.1, 0.15) is 18.8 Å². The van der Waals surface area contributed by atoms with E-state index in [1.54, 1.807) is 0 Å². The van der Waals surface area contributed by atoms with Gasteiger partial charge in [0.05, 0.1) is 22.9 Å². The lowest BCUT2D eigenvalue weighted by Crippen LogP contribution is -2.64. The normalized spacial score (nSPS) is 23.3. The number of rotatable bonds is 16. The number of hydrogen-bond donors (Lipinski definition) is 5. The van der Waals surface area contributed by atoms with Gasteiger partial charge in [-0.1, -0.05) is 58.8 Å². The number of likely N-dealkylation sites (tertiary alicyclic amines) is 1. The second kappa shape index (κ2) is 16.7. The zero-order chi connectivity index (χ0) is 36.7. The van der Waals surface area contributed by atoms with E-state index in [0.717, 1.165) is 38.5 Å². The Labute approximate surface area is 296 Å². The van der Waals surface area contributed by atoms with Crippen LogP contribution in [0.5, 0.6) is 0 Å². The number of halogens is 1. The number of sulfonamides is 1. The maximum absolute atomic E-state index is 14.5. The van der Waals surface area contributed by atoms with Crippen molar-refractivity contribution in [2.75, 3.05) is 19.0 Å². The number of alkyl halides is 1. The lowest BCUT2D eigenvalue weighted by molar-refractivity contribution is -0.144. The molecular formula is C35H59FN6O7S. The number of amides is 5. The summed E-state index contributed by atoms with van der Waals surface area (Å²) in [5.41, 5.74) is -3.02. The van der Waals surface area contributed by atoms with E-state index in [1.165, 1.54) is 18.7 Å². The summed E-state index contributed by atoms with van der Waals surface area (Å²) in [6, 6.07) is -3.53. The number of ketones is 1. The van der Waals surface area contributed by atoms with Crippen molar-refractivity contribution < 1.29 is 36.8 Å². The predicted molar refractivity (Wildman–Crippen MR) is 187 cm³/mol. The molecule has 13 nitrogen and oxygen atoms in total. The lowest BCUT2D eigenvalue weighted by atomic mass is 9.70. The van der Waals surface area contributed by atoms with Gasteiger partial charge in [0.25, 0.3) is 5.91 Å². The highest BCUT2D eigenvalue weighted by Crippen LogP contribution is 2.40. The van der Waals surface area contributed by atoms with Crippen LogP contribution in [0.3, 0.4) is 0 Å². The summed E-state index contributed by atoms with van der Waals surface area (Å²) >= 11 is 0. The maximum Gasteiger partial charge on any atom is 0.315 e. The fourth-order valence-electron chi connectivity index (χ4n) is 7.91. The third-order valence-electron chi connectivity index (χ3n) is 10.8. The van der Waals surface area contributed by atoms with Crippen LogP contribution in [-0.4, -0.2) is 97.1 Å². The third kappa shape index (κ3) is 10.6. The minimum atomic E-state index is -3.99. The van der Waals surface area contributed by atoms with Gasteiger partial charge < -0.3 is 26.2 Å². The molecule has 15 heteroatoms. The summed E-state index contributed by atoms with van der Waals surface area (Å²) < 4.78 is 42.4. The van der Waals surface area contributed by atoms with Crippen LogP contribution in [0.2, 0.25) is 0 Å². The van der Waals surface area contributed by atoms with Gasteiger partial charge in [-0.15, -0.1) is 0 Å². The topological polar surface area (TPSA) is 183 Å². The molecule has 5 amide bonds. The minimum Gasteiger partial charge on any atom is -0.347 e. The molecular weight excluding hydrogens is 667 g/mol. The molecule has 4 fully saturated rings. The fraction of sp³-hybridized carbons (Fsp3) is 0.857. The standard InChI is InChI=1S/C35H59FN6O7S/c1-5-13-25(27(43)30(45)37-24-15-16-24)38-29(44)26-14-12-21-42(26)31(46)28(34(4)17-8-6-9-18-34)39-32(47)40-35(19-10-7-11-20-35)23-50(48,49)41-33(2,3)22-36/h24-26,28,41H,5-23H2,1-4H3,(H,37,45)(H,38,44)(H2,39,40,47)/t25?,26-,28+/m0/s1. The molecule has 0 aromatic carbocycles. The molecule has 0 spiro atoms. The monoisotopic (exact) mass is 726 g/mol. The number of nitrogens with zero attached hydrogens (tertiary/aromatic N) is 1.